The average Bonchev–Trinajstić information content (AvgIpc) is 2.86. The van der Waals surface area contributed by atoms with Crippen molar-refractivity contribution >= 4 is 33.2 Å². The van der Waals surface area contributed by atoms with Gasteiger partial charge in [0.05, 0.1) is 10.3 Å². The summed E-state index contributed by atoms with van der Waals surface area (Å²) in [6, 6.07) is 4.69. The quantitative estimate of drug-likeness (QED) is 0.818. The Kier molecular flexibility index (Phi) is 2.36. The molecule has 2 bridgehead atoms. The first-order chi connectivity index (χ1) is 7.24. The summed E-state index contributed by atoms with van der Waals surface area (Å²) < 4.78 is 1.15. The van der Waals surface area contributed by atoms with Gasteiger partial charge in [-0.3, -0.25) is 4.79 Å². The number of fused-ring (bicyclic) bond motifs is 2. The molecule has 2 fully saturated rings. The lowest BCUT2D eigenvalue weighted by Gasteiger charge is -2.26. The van der Waals surface area contributed by atoms with Crippen LogP contribution in [0.25, 0.3) is 0 Å². The van der Waals surface area contributed by atoms with E-state index in [1.807, 2.05) is 0 Å². The third kappa shape index (κ3) is 1.64. The molecule has 80 valence electrons. The van der Waals surface area contributed by atoms with Crippen LogP contribution in [0.15, 0.2) is 15.9 Å². The Hall–Kier alpha value is -0.350. The van der Waals surface area contributed by atoms with E-state index in [-0.39, 0.29) is 0 Å². The average molecular weight is 286 g/mol. The highest BCUT2D eigenvalue weighted by molar-refractivity contribution is 9.11. The van der Waals surface area contributed by atoms with Gasteiger partial charge < -0.3 is 4.90 Å². The van der Waals surface area contributed by atoms with Crippen LogP contribution in [0.3, 0.4) is 0 Å². The maximum absolute atomic E-state index is 11.9. The summed E-state index contributed by atoms with van der Waals surface area (Å²) >= 11 is 5.18. The van der Waals surface area contributed by atoms with Gasteiger partial charge in [0.2, 0.25) is 5.91 Å². The molecule has 2 nitrogen and oxygen atoms in total. The number of rotatable bonds is 2. The Labute approximate surface area is 101 Å². The molecule has 1 aliphatic carbocycles. The minimum Gasteiger partial charge on any atom is -0.334 e. The number of piperidine rings is 1. The molecule has 2 unspecified atom stereocenters. The van der Waals surface area contributed by atoms with E-state index in [4.69, 9.17) is 0 Å². The van der Waals surface area contributed by atoms with Crippen molar-refractivity contribution in [1.82, 2.24) is 4.90 Å². The number of thiophene rings is 1. The Balaban J connectivity index is 1.76. The van der Waals surface area contributed by atoms with E-state index < -0.39 is 0 Å². The van der Waals surface area contributed by atoms with E-state index in [0.29, 0.717) is 17.9 Å². The monoisotopic (exact) mass is 285 g/mol. The van der Waals surface area contributed by atoms with Gasteiger partial charge in [0, 0.05) is 16.8 Å². The van der Waals surface area contributed by atoms with Crippen molar-refractivity contribution in [2.75, 3.05) is 0 Å². The van der Waals surface area contributed by atoms with E-state index in [9.17, 15) is 4.79 Å². The number of hydrogen-bond acceptors (Lipinski definition) is 2. The highest BCUT2D eigenvalue weighted by atomic mass is 79.9. The number of nitrogens with zero attached hydrogens (tertiary/aromatic N) is 1. The Morgan fingerprint density at radius 1 is 1.47 bits per heavy atom. The molecule has 1 saturated carbocycles. The molecule has 2 heterocycles. The van der Waals surface area contributed by atoms with Crippen LogP contribution in [0.5, 0.6) is 0 Å². The zero-order chi connectivity index (χ0) is 10.4. The Morgan fingerprint density at radius 3 is 2.93 bits per heavy atom. The van der Waals surface area contributed by atoms with Crippen molar-refractivity contribution in [2.45, 2.75) is 31.8 Å². The van der Waals surface area contributed by atoms with E-state index in [2.05, 4.69) is 33.0 Å². The zero-order valence-corrected chi connectivity index (χ0v) is 10.7. The van der Waals surface area contributed by atoms with Gasteiger partial charge in [-0.25, -0.2) is 0 Å². The van der Waals surface area contributed by atoms with Gasteiger partial charge in [-0.1, -0.05) is 0 Å². The smallest absolute Gasteiger partial charge is 0.226 e. The summed E-state index contributed by atoms with van der Waals surface area (Å²) in [5, 5.41) is 0. The van der Waals surface area contributed by atoms with Crippen molar-refractivity contribution in [3.8, 4) is 0 Å². The lowest BCUT2D eigenvalue weighted by atomic mass is 10.1. The highest BCUT2D eigenvalue weighted by Crippen LogP contribution is 2.39. The molecule has 1 aromatic heterocycles. The molecule has 2 atom stereocenters. The first kappa shape index (κ1) is 9.85. The topological polar surface area (TPSA) is 20.3 Å². The van der Waals surface area contributed by atoms with Crippen molar-refractivity contribution in [2.24, 2.45) is 5.92 Å². The molecule has 3 rings (SSSR count). The second kappa shape index (κ2) is 3.59. The number of carbonyl (C=O) groups is 1. The molecular formula is C11H12BrNOS. The number of carbonyl (C=O) groups excluding carboxylic acids is 1. The summed E-state index contributed by atoms with van der Waals surface area (Å²) in [5.41, 5.74) is 0. The molecule has 1 amide bonds. The standard InChI is InChI=1S/C11H12BrNOS/c12-10-4-3-9(15-10)6-13-8-2-1-7(5-8)11(13)14/h3-4,7-8H,1-2,5-6H2. The number of halogens is 1. The number of likely N-dealkylation sites (tertiary alicyclic amines) is 1. The van der Waals surface area contributed by atoms with Gasteiger partial charge >= 0.3 is 0 Å². The summed E-state index contributed by atoms with van der Waals surface area (Å²) in [5.74, 6) is 0.731. The Morgan fingerprint density at radius 2 is 2.33 bits per heavy atom. The summed E-state index contributed by atoms with van der Waals surface area (Å²) in [7, 11) is 0. The van der Waals surface area contributed by atoms with Crippen LogP contribution >= 0.6 is 27.3 Å². The lowest BCUT2D eigenvalue weighted by molar-refractivity contribution is -0.134. The molecule has 4 heteroatoms. The molecule has 0 radical (unpaired) electrons. The predicted molar refractivity (Wildman–Crippen MR) is 63.7 cm³/mol. The second-order valence-electron chi connectivity index (χ2n) is 4.34. The summed E-state index contributed by atoms with van der Waals surface area (Å²) in [6.07, 6.45) is 3.43. The van der Waals surface area contributed by atoms with E-state index >= 15 is 0 Å². The van der Waals surface area contributed by atoms with Gasteiger partial charge in [0.1, 0.15) is 0 Å². The van der Waals surface area contributed by atoms with Gasteiger partial charge in [-0.05, 0) is 47.3 Å². The molecule has 0 N–H and O–H groups in total. The van der Waals surface area contributed by atoms with Gasteiger partial charge in [-0.2, -0.15) is 0 Å². The van der Waals surface area contributed by atoms with Crippen LogP contribution in [0.4, 0.5) is 0 Å². The fraction of sp³-hybridized carbons (Fsp3) is 0.545. The van der Waals surface area contributed by atoms with E-state index in [1.54, 1.807) is 11.3 Å². The van der Waals surface area contributed by atoms with Crippen molar-refractivity contribution in [3.05, 3.63) is 20.8 Å². The van der Waals surface area contributed by atoms with Gasteiger partial charge in [-0.15, -0.1) is 11.3 Å². The van der Waals surface area contributed by atoms with Crippen LogP contribution < -0.4 is 0 Å². The van der Waals surface area contributed by atoms with E-state index in [1.165, 1.54) is 11.3 Å². The predicted octanol–water partition coefficient (Wildman–Crippen LogP) is 3.02. The highest BCUT2D eigenvalue weighted by Gasteiger charge is 2.44. The van der Waals surface area contributed by atoms with Crippen LogP contribution in [0.2, 0.25) is 0 Å². The van der Waals surface area contributed by atoms with Crippen LogP contribution in [0.1, 0.15) is 24.1 Å². The third-order valence-electron chi connectivity index (χ3n) is 3.43. The molecule has 1 saturated heterocycles. The first-order valence-electron chi connectivity index (χ1n) is 5.29. The van der Waals surface area contributed by atoms with Crippen molar-refractivity contribution in [3.63, 3.8) is 0 Å². The second-order valence-corrected chi connectivity index (χ2v) is 6.88. The van der Waals surface area contributed by atoms with Crippen molar-refractivity contribution < 1.29 is 4.79 Å². The molecule has 0 aromatic carbocycles. The minimum atomic E-state index is 0.346. The fourth-order valence-electron chi connectivity index (χ4n) is 2.69. The number of amides is 1. The maximum atomic E-state index is 11.9. The van der Waals surface area contributed by atoms with Crippen molar-refractivity contribution in [1.29, 1.82) is 0 Å². The SMILES string of the molecule is O=C1C2CCC(C2)N1Cc1ccc(Br)s1. The van der Waals surface area contributed by atoms with E-state index in [0.717, 1.165) is 23.2 Å². The molecule has 2 aliphatic rings. The van der Waals surface area contributed by atoms with Crippen LogP contribution in [-0.2, 0) is 11.3 Å². The third-order valence-corrected chi connectivity index (χ3v) is 5.04. The van der Waals surface area contributed by atoms with Gasteiger partial charge in [0.15, 0.2) is 0 Å². The molecular weight excluding hydrogens is 274 g/mol. The molecule has 15 heavy (non-hydrogen) atoms. The van der Waals surface area contributed by atoms with Crippen LogP contribution in [-0.4, -0.2) is 16.8 Å². The molecule has 0 spiro atoms. The summed E-state index contributed by atoms with van der Waals surface area (Å²) in [4.78, 5) is 15.3. The lowest BCUT2D eigenvalue weighted by Crippen LogP contribution is -2.36. The first-order valence-corrected chi connectivity index (χ1v) is 6.89. The fourth-order valence-corrected chi connectivity index (χ4v) is 4.17. The minimum absolute atomic E-state index is 0.346. The maximum Gasteiger partial charge on any atom is 0.226 e. The largest absolute Gasteiger partial charge is 0.334 e. The number of hydrogen-bond donors (Lipinski definition) is 0. The van der Waals surface area contributed by atoms with Crippen LogP contribution in [0, 0.1) is 5.92 Å². The summed E-state index contributed by atoms with van der Waals surface area (Å²) in [6.45, 7) is 0.816. The Bertz CT molecular complexity index is 403. The normalized spacial score (nSPS) is 29.1. The zero-order valence-electron chi connectivity index (χ0n) is 8.28. The molecule has 1 aliphatic heterocycles. The van der Waals surface area contributed by atoms with Gasteiger partial charge in [0.25, 0.3) is 0 Å². The molecule has 1 aromatic rings.